The predicted octanol–water partition coefficient (Wildman–Crippen LogP) is 6.43. The minimum absolute atomic E-state index is 0.0370. The van der Waals surface area contributed by atoms with Gasteiger partial charge in [-0.3, -0.25) is 10.1 Å². The number of halogens is 2. The van der Waals surface area contributed by atoms with E-state index in [2.05, 4.69) is 0 Å². The van der Waals surface area contributed by atoms with Gasteiger partial charge in [0.05, 0.1) is 28.2 Å². The van der Waals surface area contributed by atoms with Crippen molar-refractivity contribution >= 4 is 28.9 Å². The molecule has 3 aromatic rings. The molecule has 0 aromatic heterocycles. The molecule has 0 saturated heterocycles. The van der Waals surface area contributed by atoms with Crippen molar-refractivity contribution in [2.24, 2.45) is 0 Å². The Kier molecular flexibility index (Phi) is 7.42. The van der Waals surface area contributed by atoms with Crippen molar-refractivity contribution in [1.82, 2.24) is 0 Å². The van der Waals surface area contributed by atoms with Crippen LogP contribution in [0.3, 0.4) is 0 Å². The summed E-state index contributed by atoms with van der Waals surface area (Å²) >= 11 is 6.42. The largest absolute Gasteiger partial charge is 0.490 e. The normalized spacial score (nSPS) is 11.0. The van der Waals surface area contributed by atoms with Crippen LogP contribution in [0.2, 0.25) is 5.02 Å². The minimum Gasteiger partial charge on any atom is -0.490 e. The Balaban J connectivity index is 1.93. The summed E-state index contributed by atoms with van der Waals surface area (Å²) in [6.07, 6.45) is 1.51. The van der Waals surface area contributed by atoms with Gasteiger partial charge in [0.25, 0.3) is 5.69 Å². The third-order valence-corrected chi connectivity index (χ3v) is 4.71. The number of nitro groups is 1. The molecule has 162 valence electrons. The zero-order valence-electron chi connectivity index (χ0n) is 17.0. The molecule has 0 heterocycles. The van der Waals surface area contributed by atoms with Crippen molar-refractivity contribution in [3.05, 3.63) is 98.3 Å². The fourth-order valence-electron chi connectivity index (χ4n) is 3.01. The molecule has 0 spiro atoms. The second-order valence-electron chi connectivity index (χ2n) is 6.63. The predicted molar refractivity (Wildman–Crippen MR) is 120 cm³/mol. The van der Waals surface area contributed by atoms with Crippen LogP contribution in [0.1, 0.15) is 23.6 Å². The molecule has 3 aromatic carbocycles. The Morgan fingerprint density at radius 2 is 1.97 bits per heavy atom. The van der Waals surface area contributed by atoms with E-state index in [1.165, 1.54) is 30.3 Å². The van der Waals surface area contributed by atoms with Crippen LogP contribution in [-0.2, 0) is 6.61 Å². The molecule has 0 bridgehead atoms. The van der Waals surface area contributed by atoms with Gasteiger partial charge >= 0.3 is 0 Å². The number of nitro benzene ring substituents is 1. The van der Waals surface area contributed by atoms with Gasteiger partial charge in [-0.2, -0.15) is 5.26 Å². The number of allylic oxidation sites excluding steroid dienone is 1. The van der Waals surface area contributed by atoms with Gasteiger partial charge in [0, 0.05) is 17.7 Å². The topological polar surface area (TPSA) is 85.4 Å². The summed E-state index contributed by atoms with van der Waals surface area (Å²) in [4.78, 5) is 10.5. The molecular formula is C24H18ClFN2O4. The first-order valence-corrected chi connectivity index (χ1v) is 10.00. The maximum absolute atomic E-state index is 14.1. The SMILES string of the molecule is CCOc1cc(/C=C(/C#N)c2ccccc2F)cc(Cl)c1OCc1cccc([N+](=O)[O-])c1. The van der Waals surface area contributed by atoms with E-state index in [1.807, 2.05) is 6.07 Å². The lowest BCUT2D eigenvalue weighted by molar-refractivity contribution is -0.384. The molecule has 8 heteroatoms. The smallest absolute Gasteiger partial charge is 0.269 e. The van der Waals surface area contributed by atoms with Gasteiger partial charge in [0.2, 0.25) is 0 Å². The lowest BCUT2D eigenvalue weighted by Crippen LogP contribution is -2.01. The van der Waals surface area contributed by atoms with E-state index in [-0.39, 0.29) is 34.2 Å². The molecule has 0 unspecified atom stereocenters. The summed E-state index contributed by atoms with van der Waals surface area (Å²) in [6, 6.07) is 17.3. The van der Waals surface area contributed by atoms with Crippen molar-refractivity contribution in [2.75, 3.05) is 6.61 Å². The summed E-state index contributed by atoms with van der Waals surface area (Å²) in [7, 11) is 0. The molecule has 0 N–H and O–H groups in total. The molecule has 6 nitrogen and oxygen atoms in total. The highest BCUT2D eigenvalue weighted by atomic mass is 35.5. The zero-order valence-corrected chi connectivity index (χ0v) is 17.8. The minimum atomic E-state index is -0.506. The standard InChI is InChI=1S/C24H18ClFN2O4/c1-2-31-23-13-17(10-18(14-27)20-8-3-4-9-22(20)26)12-21(25)24(23)32-15-16-6-5-7-19(11-16)28(29)30/h3-13H,2,15H2,1H3/b18-10-. The number of rotatable bonds is 8. The lowest BCUT2D eigenvalue weighted by atomic mass is 10.0. The van der Waals surface area contributed by atoms with Gasteiger partial charge in [-0.25, -0.2) is 4.39 Å². The van der Waals surface area contributed by atoms with E-state index in [0.717, 1.165) is 0 Å². The molecule has 0 aliphatic rings. The van der Waals surface area contributed by atoms with Crippen molar-refractivity contribution in [1.29, 1.82) is 5.26 Å². The molecule has 0 fully saturated rings. The van der Waals surface area contributed by atoms with Crippen LogP contribution in [0.5, 0.6) is 11.5 Å². The molecule has 0 aliphatic heterocycles. The van der Waals surface area contributed by atoms with Crippen LogP contribution in [-0.4, -0.2) is 11.5 Å². The molecule has 3 rings (SSSR count). The lowest BCUT2D eigenvalue weighted by Gasteiger charge is -2.15. The molecule has 0 aliphatic carbocycles. The Labute approximate surface area is 189 Å². The van der Waals surface area contributed by atoms with E-state index in [1.54, 1.807) is 43.3 Å². The second kappa shape index (κ2) is 10.4. The molecule has 32 heavy (non-hydrogen) atoms. The summed E-state index contributed by atoms with van der Waals surface area (Å²) < 4.78 is 25.6. The van der Waals surface area contributed by atoms with Crippen LogP contribution in [0, 0.1) is 27.3 Å². The fraction of sp³-hybridized carbons (Fsp3) is 0.125. The van der Waals surface area contributed by atoms with Gasteiger partial charge in [0.15, 0.2) is 11.5 Å². The maximum atomic E-state index is 14.1. The molecular weight excluding hydrogens is 435 g/mol. The Morgan fingerprint density at radius 1 is 1.19 bits per heavy atom. The van der Waals surface area contributed by atoms with Gasteiger partial charge in [-0.05, 0) is 42.3 Å². The second-order valence-corrected chi connectivity index (χ2v) is 7.04. The van der Waals surface area contributed by atoms with Crippen LogP contribution in [0.25, 0.3) is 11.6 Å². The molecule has 0 atom stereocenters. The monoisotopic (exact) mass is 452 g/mol. The number of hydrogen-bond donors (Lipinski definition) is 0. The van der Waals surface area contributed by atoms with Gasteiger partial charge in [0.1, 0.15) is 12.4 Å². The van der Waals surface area contributed by atoms with E-state index in [0.29, 0.717) is 23.5 Å². The maximum Gasteiger partial charge on any atom is 0.269 e. The van der Waals surface area contributed by atoms with E-state index in [9.17, 15) is 19.8 Å². The number of ether oxygens (including phenoxy) is 2. The van der Waals surface area contributed by atoms with Crippen LogP contribution < -0.4 is 9.47 Å². The quantitative estimate of drug-likeness (QED) is 0.170. The summed E-state index contributed by atoms with van der Waals surface area (Å²) in [5, 5.41) is 20.7. The van der Waals surface area contributed by atoms with Crippen LogP contribution in [0.15, 0.2) is 60.7 Å². The average Bonchev–Trinajstić information content (AvgIpc) is 2.78. The van der Waals surface area contributed by atoms with Gasteiger partial charge < -0.3 is 9.47 Å². The van der Waals surface area contributed by atoms with Gasteiger partial charge in [-0.1, -0.05) is 41.9 Å². The number of hydrogen-bond acceptors (Lipinski definition) is 5. The number of nitriles is 1. The van der Waals surface area contributed by atoms with E-state index >= 15 is 0 Å². The van der Waals surface area contributed by atoms with Crippen LogP contribution >= 0.6 is 11.6 Å². The summed E-state index contributed by atoms with van der Waals surface area (Å²) in [6.45, 7) is 2.16. The van der Waals surface area contributed by atoms with Crippen molar-refractivity contribution in [3.8, 4) is 17.6 Å². The van der Waals surface area contributed by atoms with E-state index < -0.39 is 10.7 Å². The highest BCUT2D eigenvalue weighted by Gasteiger charge is 2.15. The summed E-state index contributed by atoms with van der Waals surface area (Å²) in [5.41, 5.74) is 1.39. The van der Waals surface area contributed by atoms with Crippen LogP contribution in [0.4, 0.5) is 10.1 Å². The number of benzene rings is 3. The third kappa shape index (κ3) is 5.42. The zero-order chi connectivity index (χ0) is 23.1. The summed E-state index contributed by atoms with van der Waals surface area (Å²) in [5.74, 6) is 0.0948. The Morgan fingerprint density at radius 3 is 2.66 bits per heavy atom. The molecule has 0 amide bonds. The van der Waals surface area contributed by atoms with Crippen molar-refractivity contribution in [3.63, 3.8) is 0 Å². The van der Waals surface area contributed by atoms with Crippen molar-refractivity contribution < 1.29 is 18.8 Å². The van der Waals surface area contributed by atoms with E-state index in [4.69, 9.17) is 21.1 Å². The Hall–Kier alpha value is -3.89. The highest BCUT2D eigenvalue weighted by Crippen LogP contribution is 2.38. The first-order chi connectivity index (χ1) is 15.4. The highest BCUT2D eigenvalue weighted by molar-refractivity contribution is 6.32. The first kappa shape index (κ1) is 22.8. The molecule has 0 saturated carbocycles. The Bertz CT molecular complexity index is 1220. The molecule has 0 radical (unpaired) electrons. The first-order valence-electron chi connectivity index (χ1n) is 9.62. The average molecular weight is 453 g/mol. The van der Waals surface area contributed by atoms with Gasteiger partial charge in [-0.15, -0.1) is 0 Å². The fourth-order valence-corrected chi connectivity index (χ4v) is 3.28. The number of non-ortho nitro benzene ring substituents is 1. The number of nitrogens with zero attached hydrogens (tertiary/aromatic N) is 2. The third-order valence-electron chi connectivity index (χ3n) is 4.43. The van der Waals surface area contributed by atoms with Crippen molar-refractivity contribution in [2.45, 2.75) is 13.5 Å².